The van der Waals surface area contributed by atoms with Crippen molar-refractivity contribution >= 4 is 15.5 Å². The van der Waals surface area contributed by atoms with Crippen molar-refractivity contribution in [2.45, 2.75) is 12.8 Å². The van der Waals surface area contributed by atoms with Gasteiger partial charge < -0.3 is 14.2 Å². The van der Waals surface area contributed by atoms with Crippen molar-refractivity contribution in [1.82, 2.24) is 0 Å². The SMILES string of the molecule is COC(=O)/C(C)=C/[Si]C(OC)OC. The van der Waals surface area contributed by atoms with Crippen LogP contribution < -0.4 is 0 Å². The first-order valence-electron chi connectivity index (χ1n) is 3.72. The predicted molar refractivity (Wildman–Crippen MR) is 49.3 cm³/mol. The molecule has 0 N–H and O–H groups in total. The van der Waals surface area contributed by atoms with Gasteiger partial charge in [0.25, 0.3) is 0 Å². The summed E-state index contributed by atoms with van der Waals surface area (Å²) in [6, 6.07) is 0. The van der Waals surface area contributed by atoms with Crippen LogP contribution in [0, 0.1) is 0 Å². The van der Waals surface area contributed by atoms with Gasteiger partial charge in [0.2, 0.25) is 0 Å². The van der Waals surface area contributed by atoms with E-state index in [4.69, 9.17) is 9.47 Å². The van der Waals surface area contributed by atoms with E-state index in [1.807, 2.05) is 0 Å². The van der Waals surface area contributed by atoms with Crippen molar-refractivity contribution < 1.29 is 19.0 Å². The summed E-state index contributed by atoms with van der Waals surface area (Å²) in [5.74, 6) is -0.599. The first-order chi connectivity index (χ1) is 6.15. The Bertz CT molecular complexity index is 187. The quantitative estimate of drug-likeness (QED) is 0.279. The normalized spacial score (nSPS) is 11.9. The van der Waals surface area contributed by atoms with E-state index in [2.05, 4.69) is 4.74 Å². The molecule has 74 valence electrons. The van der Waals surface area contributed by atoms with E-state index in [0.29, 0.717) is 15.1 Å². The molecular formula is C8H14O4Si. The fraction of sp³-hybridized carbons (Fsp3) is 0.625. The summed E-state index contributed by atoms with van der Waals surface area (Å²) in [6.45, 7) is 1.70. The van der Waals surface area contributed by atoms with Gasteiger partial charge in [-0.1, -0.05) is 5.70 Å². The Kier molecular flexibility index (Phi) is 6.48. The van der Waals surface area contributed by atoms with Crippen LogP contribution in [0.15, 0.2) is 11.3 Å². The molecule has 5 heteroatoms. The Labute approximate surface area is 80.7 Å². The minimum absolute atomic E-state index is 0.278. The van der Waals surface area contributed by atoms with Gasteiger partial charge in [0.05, 0.1) is 7.11 Å². The van der Waals surface area contributed by atoms with Crippen molar-refractivity contribution in [1.29, 1.82) is 0 Å². The predicted octanol–water partition coefficient (Wildman–Crippen LogP) is 0.344. The van der Waals surface area contributed by atoms with Gasteiger partial charge >= 0.3 is 5.97 Å². The minimum Gasteiger partial charge on any atom is -0.466 e. The molecule has 0 aromatic carbocycles. The smallest absolute Gasteiger partial charge is 0.332 e. The van der Waals surface area contributed by atoms with Crippen LogP contribution >= 0.6 is 0 Å². The number of ether oxygens (including phenoxy) is 3. The van der Waals surface area contributed by atoms with Gasteiger partial charge in [-0.05, 0) is 6.92 Å². The Hall–Kier alpha value is -0.653. The second-order valence-electron chi connectivity index (χ2n) is 2.29. The molecule has 0 atom stereocenters. The van der Waals surface area contributed by atoms with Crippen LogP contribution in [0.1, 0.15) is 6.92 Å². The van der Waals surface area contributed by atoms with Crippen LogP contribution in [-0.2, 0) is 19.0 Å². The van der Waals surface area contributed by atoms with E-state index in [-0.39, 0.29) is 11.9 Å². The second-order valence-corrected chi connectivity index (χ2v) is 3.38. The molecule has 0 aromatic rings. The van der Waals surface area contributed by atoms with Gasteiger partial charge in [-0.2, -0.15) is 0 Å². The third-order valence-electron chi connectivity index (χ3n) is 1.37. The molecule has 0 amide bonds. The maximum Gasteiger partial charge on any atom is 0.332 e. The van der Waals surface area contributed by atoms with Crippen molar-refractivity contribution in [2.24, 2.45) is 0 Å². The van der Waals surface area contributed by atoms with Crippen molar-refractivity contribution in [3.63, 3.8) is 0 Å². The maximum atomic E-state index is 10.9. The summed E-state index contributed by atoms with van der Waals surface area (Å²) in [5.41, 5.74) is 2.32. The van der Waals surface area contributed by atoms with Crippen LogP contribution in [0.25, 0.3) is 0 Å². The highest BCUT2D eigenvalue weighted by Gasteiger charge is 2.07. The summed E-state index contributed by atoms with van der Waals surface area (Å²) >= 11 is 0. The number of rotatable bonds is 5. The third kappa shape index (κ3) is 4.82. The number of hydrogen-bond donors (Lipinski definition) is 0. The Morgan fingerprint density at radius 1 is 1.31 bits per heavy atom. The van der Waals surface area contributed by atoms with E-state index in [1.165, 1.54) is 7.11 Å². The zero-order valence-electron chi connectivity index (χ0n) is 8.29. The molecule has 0 spiro atoms. The van der Waals surface area contributed by atoms with E-state index in [0.717, 1.165) is 0 Å². The number of hydrogen-bond acceptors (Lipinski definition) is 4. The van der Waals surface area contributed by atoms with E-state index in [1.54, 1.807) is 26.8 Å². The molecule has 0 unspecified atom stereocenters. The molecule has 0 aromatic heterocycles. The summed E-state index contributed by atoms with van der Waals surface area (Å²) in [4.78, 5) is 10.9. The monoisotopic (exact) mass is 202 g/mol. The van der Waals surface area contributed by atoms with E-state index in [9.17, 15) is 4.79 Å². The minimum atomic E-state index is -0.321. The maximum absolute atomic E-state index is 10.9. The molecule has 0 aliphatic carbocycles. The molecule has 13 heavy (non-hydrogen) atoms. The molecule has 0 aliphatic heterocycles. The lowest BCUT2D eigenvalue weighted by atomic mass is 10.4. The van der Waals surface area contributed by atoms with Crippen LogP contribution in [-0.4, -0.2) is 42.7 Å². The fourth-order valence-corrected chi connectivity index (χ4v) is 1.42. The number of carbonyl (C=O) groups excluding carboxylic acids is 1. The first kappa shape index (κ1) is 12.3. The van der Waals surface area contributed by atoms with Crippen LogP contribution in [0.3, 0.4) is 0 Å². The molecule has 0 saturated heterocycles. The van der Waals surface area contributed by atoms with Crippen LogP contribution in [0.5, 0.6) is 0 Å². The van der Waals surface area contributed by atoms with Gasteiger partial charge in [0.15, 0.2) is 0 Å². The molecule has 0 aliphatic rings. The molecular weight excluding hydrogens is 188 g/mol. The molecule has 4 nitrogen and oxygen atoms in total. The van der Waals surface area contributed by atoms with Crippen molar-refractivity contribution in [2.75, 3.05) is 21.3 Å². The molecule has 2 radical (unpaired) electrons. The zero-order chi connectivity index (χ0) is 10.3. The van der Waals surface area contributed by atoms with Gasteiger partial charge in [-0.15, -0.1) is 0 Å². The Balaban J connectivity index is 4.01. The summed E-state index contributed by atoms with van der Waals surface area (Å²) in [6.07, 6.45) is 0. The lowest BCUT2D eigenvalue weighted by Gasteiger charge is -2.09. The number of carbonyl (C=O) groups is 1. The lowest BCUT2D eigenvalue weighted by molar-refractivity contribution is -0.136. The lowest BCUT2D eigenvalue weighted by Crippen LogP contribution is -2.20. The zero-order valence-corrected chi connectivity index (χ0v) is 9.29. The molecule has 0 fully saturated rings. The highest BCUT2D eigenvalue weighted by molar-refractivity contribution is 6.44. The second kappa shape index (κ2) is 6.82. The van der Waals surface area contributed by atoms with E-state index >= 15 is 0 Å². The molecule has 0 saturated carbocycles. The van der Waals surface area contributed by atoms with E-state index < -0.39 is 0 Å². The summed E-state index contributed by atoms with van der Waals surface area (Å²) in [5, 5.41) is 0. The number of esters is 1. The molecule has 0 heterocycles. The topological polar surface area (TPSA) is 44.8 Å². The number of methoxy groups -OCH3 is 3. The largest absolute Gasteiger partial charge is 0.466 e. The average Bonchev–Trinajstić information content (AvgIpc) is 2.17. The first-order valence-corrected chi connectivity index (χ1v) is 4.88. The highest BCUT2D eigenvalue weighted by Crippen LogP contribution is 1.96. The summed E-state index contributed by atoms with van der Waals surface area (Å²) < 4.78 is 14.4. The third-order valence-corrected chi connectivity index (χ3v) is 2.71. The Morgan fingerprint density at radius 2 is 1.85 bits per heavy atom. The van der Waals surface area contributed by atoms with Gasteiger partial charge in [-0.25, -0.2) is 4.79 Å². The Morgan fingerprint density at radius 3 is 2.23 bits per heavy atom. The highest BCUT2D eigenvalue weighted by atomic mass is 28.2. The van der Waals surface area contributed by atoms with Crippen LogP contribution in [0.4, 0.5) is 0 Å². The fourth-order valence-electron chi connectivity index (χ4n) is 0.645. The van der Waals surface area contributed by atoms with Gasteiger partial charge in [-0.3, -0.25) is 0 Å². The van der Waals surface area contributed by atoms with Gasteiger partial charge in [0, 0.05) is 19.8 Å². The van der Waals surface area contributed by atoms with Crippen molar-refractivity contribution in [3.05, 3.63) is 11.3 Å². The molecule has 0 bridgehead atoms. The van der Waals surface area contributed by atoms with Crippen molar-refractivity contribution in [3.8, 4) is 0 Å². The van der Waals surface area contributed by atoms with Crippen LogP contribution in [0.2, 0.25) is 0 Å². The average molecular weight is 202 g/mol. The molecule has 0 rings (SSSR count). The standard InChI is InChI=1S/C8H14O4Si/c1-6(7(9)10-2)5-13-8(11-3)12-4/h5,8H,1-4H3/b6-5+. The van der Waals surface area contributed by atoms with Gasteiger partial charge in [0.1, 0.15) is 15.4 Å². The summed E-state index contributed by atoms with van der Waals surface area (Å²) in [7, 11) is 4.76.